The Morgan fingerprint density at radius 2 is 2.09 bits per heavy atom. The standard InChI is InChI=1S/C17H23FN4O/c1-11-9-14(18)3-4-15(11)16(23)10-22-7-5-13(6-8-22)17-19-12(2)20-21-17/h3-4,9,13,16,23H,5-8,10H2,1-2H3,(H,19,20,21). The fraction of sp³-hybridized carbons (Fsp3) is 0.529. The average Bonchev–Trinajstić information content (AvgIpc) is 2.94. The third kappa shape index (κ3) is 3.76. The van der Waals surface area contributed by atoms with Crippen molar-refractivity contribution in [1.29, 1.82) is 0 Å². The van der Waals surface area contributed by atoms with E-state index in [4.69, 9.17) is 0 Å². The first kappa shape index (κ1) is 16.1. The summed E-state index contributed by atoms with van der Waals surface area (Å²) in [5.41, 5.74) is 1.60. The zero-order valence-corrected chi connectivity index (χ0v) is 13.6. The maximum absolute atomic E-state index is 13.2. The van der Waals surface area contributed by atoms with Crippen LogP contribution < -0.4 is 0 Å². The van der Waals surface area contributed by atoms with Crippen molar-refractivity contribution in [2.75, 3.05) is 19.6 Å². The number of likely N-dealkylation sites (tertiary alicyclic amines) is 1. The minimum Gasteiger partial charge on any atom is -0.387 e. The van der Waals surface area contributed by atoms with Crippen molar-refractivity contribution in [3.05, 3.63) is 46.8 Å². The van der Waals surface area contributed by atoms with Crippen LogP contribution >= 0.6 is 0 Å². The highest BCUT2D eigenvalue weighted by molar-refractivity contribution is 5.28. The SMILES string of the molecule is Cc1nc(C2CCN(CC(O)c3ccc(F)cc3C)CC2)n[nH]1. The number of hydrogen-bond donors (Lipinski definition) is 2. The number of halogens is 1. The van der Waals surface area contributed by atoms with E-state index in [1.54, 1.807) is 6.07 Å². The van der Waals surface area contributed by atoms with Gasteiger partial charge in [-0.05, 0) is 63.0 Å². The molecular weight excluding hydrogens is 295 g/mol. The number of aromatic nitrogens is 3. The number of aliphatic hydroxyl groups excluding tert-OH is 1. The van der Waals surface area contributed by atoms with Crippen LogP contribution in [0, 0.1) is 19.7 Å². The van der Waals surface area contributed by atoms with Gasteiger partial charge in [0.1, 0.15) is 11.6 Å². The van der Waals surface area contributed by atoms with Crippen molar-refractivity contribution in [3.63, 3.8) is 0 Å². The Kier molecular flexibility index (Phi) is 4.73. The normalized spacial score (nSPS) is 18.3. The van der Waals surface area contributed by atoms with Crippen LogP contribution in [0.4, 0.5) is 4.39 Å². The molecule has 1 aliphatic heterocycles. The van der Waals surface area contributed by atoms with Crippen molar-refractivity contribution in [2.45, 2.75) is 38.7 Å². The Morgan fingerprint density at radius 1 is 1.35 bits per heavy atom. The highest BCUT2D eigenvalue weighted by Gasteiger charge is 2.25. The molecule has 0 saturated carbocycles. The summed E-state index contributed by atoms with van der Waals surface area (Å²) >= 11 is 0. The third-order valence-corrected chi connectivity index (χ3v) is 4.59. The largest absolute Gasteiger partial charge is 0.387 e. The molecular formula is C17H23FN4O. The Balaban J connectivity index is 1.56. The third-order valence-electron chi connectivity index (χ3n) is 4.59. The average molecular weight is 318 g/mol. The molecule has 1 saturated heterocycles. The van der Waals surface area contributed by atoms with Crippen molar-refractivity contribution in [3.8, 4) is 0 Å². The highest BCUT2D eigenvalue weighted by atomic mass is 19.1. The Hall–Kier alpha value is -1.79. The lowest BCUT2D eigenvalue weighted by Crippen LogP contribution is -2.36. The van der Waals surface area contributed by atoms with E-state index < -0.39 is 6.10 Å². The molecule has 6 heteroatoms. The summed E-state index contributed by atoms with van der Waals surface area (Å²) in [6.45, 7) is 6.14. The van der Waals surface area contributed by atoms with Crippen molar-refractivity contribution in [1.82, 2.24) is 20.1 Å². The van der Waals surface area contributed by atoms with Gasteiger partial charge in [-0.2, -0.15) is 5.10 Å². The van der Waals surface area contributed by atoms with Gasteiger partial charge in [0.2, 0.25) is 0 Å². The van der Waals surface area contributed by atoms with Crippen LogP contribution in [0.15, 0.2) is 18.2 Å². The van der Waals surface area contributed by atoms with Crippen LogP contribution in [0.1, 0.15) is 47.6 Å². The van der Waals surface area contributed by atoms with Crippen LogP contribution in [-0.2, 0) is 0 Å². The zero-order chi connectivity index (χ0) is 16.4. The minimum absolute atomic E-state index is 0.263. The number of H-pyrrole nitrogens is 1. The second-order valence-electron chi connectivity index (χ2n) is 6.37. The molecule has 1 fully saturated rings. The van der Waals surface area contributed by atoms with Gasteiger partial charge in [-0.1, -0.05) is 6.07 Å². The molecule has 3 rings (SSSR count). The lowest BCUT2D eigenvalue weighted by atomic mass is 9.95. The smallest absolute Gasteiger partial charge is 0.153 e. The van der Waals surface area contributed by atoms with Gasteiger partial charge in [0.25, 0.3) is 0 Å². The molecule has 2 heterocycles. The number of benzene rings is 1. The minimum atomic E-state index is -0.585. The van der Waals surface area contributed by atoms with Crippen molar-refractivity contribution < 1.29 is 9.50 Å². The van der Waals surface area contributed by atoms with E-state index in [2.05, 4.69) is 20.1 Å². The van der Waals surface area contributed by atoms with E-state index in [0.717, 1.165) is 48.7 Å². The van der Waals surface area contributed by atoms with Crippen molar-refractivity contribution >= 4 is 0 Å². The monoisotopic (exact) mass is 318 g/mol. The maximum Gasteiger partial charge on any atom is 0.153 e. The molecule has 1 unspecified atom stereocenters. The summed E-state index contributed by atoms with van der Waals surface area (Å²) in [5, 5.41) is 17.6. The molecule has 5 nitrogen and oxygen atoms in total. The van der Waals surface area contributed by atoms with Crippen molar-refractivity contribution in [2.24, 2.45) is 0 Å². The molecule has 1 aromatic heterocycles. The van der Waals surface area contributed by atoms with Gasteiger partial charge in [0.15, 0.2) is 5.82 Å². The topological polar surface area (TPSA) is 65.0 Å². The summed E-state index contributed by atoms with van der Waals surface area (Å²) in [5.74, 6) is 1.88. The van der Waals surface area contributed by atoms with Gasteiger partial charge < -0.3 is 10.0 Å². The number of β-amino-alcohol motifs (C(OH)–C–C–N with tert-alkyl or cyclic N) is 1. The molecule has 1 atom stereocenters. The second kappa shape index (κ2) is 6.76. The van der Waals surface area contributed by atoms with E-state index in [-0.39, 0.29) is 5.82 Å². The van der Waals surface area contributed by atoms with E-state index in [0.29, 0.717) is 12.5 Å². The number of nitrogens with one attached hydrogen (secondary N) is 1. The van der Waals surface area contributed by atoms with Gasteiger partial charge in [0, 0.05) is 12.5 Å². The molecule has 0 aliphatic carbocycles. The second-order valence-corrected chi connectivity index (χ2v) is 6.37. The first-order valence-electron chi connectivity index (χ1n) is 8.08. The number of nitrogens with zero attached hydrogens (tertiary/aromatic N) is 3. The quantitative estimate of drug-likeness (QED) is 0.909. The first-order valence-corrected chi connectivity index (χ1v) is 8.08. The van der Waals surface area contributed by atoms with Gasteiger partial charge in [-0.3, -0.25) is 5.10 Å². The van der Waals surface area contributed by atoms with E-state index in [1.807, 2.05) is 13.8 Å². The van der Waals surface area contributed by atoms with Gasteiger partial charge in [-0.15, -0.1) is 0 Å². The van der Waals surface area contributed by atoms with Crippen LogP contribution in [0.25, 0.3) is 0 Å². The van der Waals surface area contributed by atoms with E-state index in [1.165, 1.54) is 12.1 Å². The Labute approximate surface area is 135 Å². The summed E-state index contributed by atoms with van der Waals surface area (Å²) in [6.07, 6.45) is 1.40. The number of piperidine rings is 1. The van der Waals surface area contributed by atoms with Crippen LogP contribution in [0.5, 0.6) is 0 Å². The van der Waals surface area contributed by atoms with Crippen LogP contribution in [0.3, 0.4) is 0 Å². The summed E-state index contributed by atoms with van der Waals surface area (Å²) in [7, 11) is 0. The number of aromatic amines is 1. The summed E-state index contributed by atoms with van der Waals surface area (Å²) in [4.78, 5) is 6.67. The predicted octanol–water partition coefficient (Wildman–Crippen LogP) is 2.47. The maximum atomic E-state index is 13.2. The molecule has 0 amide bonds. The van der Waals surface area contributed by atoms with Crippen LogP contribution in [-0.4, -0.2) is 44.8 Å². The van der Waals surface area contributed by atoms with E-state index in [9.17, 15) is 9.50 Å². The molecule has 0 spiro atoms. The molecule has 0 bridgehead atoms. The number of hydrogen-bond acceptors (Lipinski definition) is 4. The zero-order valence-electron chi connectivity index (χ0n) is 13.6. The number of rotatable bonds is 4. The summed E-state index contributed by atoms with van der Waals surface area (Å²) < 4.78 is 13.2. The number of aryl methyl sites for hydroxylation is 2. The predicted molar refractivity (Wildman–Crippen MR) is 85.6 cm³/mol. The first-order chi connectivity index (χ1) is 11.0. The Morgan fingerprint density at radius 3 is 2.70 bits per heavy atom. The Bertz CT molecular complexity index is 664. The molecule has 1 aliphatic rings. The van der Waals surface area contributed by atoms with Gasteiger partial charge in [-0.25, -0.2) is 9.37 Å². The molecule has 2 aromatic rings. The molecule has 0 radical (unpaired) electrons. The molecule has 2 N–H and O–H groups in total. The fourth-order valence-electron chi connectivity index (χ4n) is 3.27. The molecule has 124 valence electrons. The lowest BCUT2D eigenvalue weighted by Gasteiger charge is -2.32. The van der Waals surface area contributed by atoms with Crippen LogP contribution in [0.2, 0.25) is 0 Å². The summed E-state index contributed by atoms with van der Waals surface area (Å²) in [6, 6.07) is 4.55. The lowest BCUT2D eigenvalue weighted by molar-refractivity contribution is 0.0961. The highest BCUT2D eigenvalue weighted by Crippen LogP contribution is 2.27. The van der Waals surface area contributed by atoms with Gasteiger partial charge >= 0.3 is 0 Å². The van der Waals surface area contributed by atoms with Gasteiger partial charge in [0.05, 0.1) is 6.10 Å². The molecule has 23 heavy (non-hydrogen) atoms. The molecule has 1 aromatic carbocycles. The van der Waals surface area contributed by atoms with E-state index >= 15 is 0 Å². The number of aliphatic hydroxyl groups is 1. The fourth-order valence-corrected chi connectivity index (χ4v) is 3.27.